The molecule has 390 valence electrons. The normalized spacial score (nSPS) is 15.3. The Morgan fingerprint density at radius 1 is 0.959 bits per heavy atom. The minimum atomic E-state index is -4.49. The Balaban J connectivity index is 0.781. The fourth-order valence-corrected chi connectivity index (χ4v) is 8.38. The molecule has 0 unspecified atom stereocenters. The molecule has 3 atom stereocenters. The van der Waals surface area contributed by atoms with Crippen LogP contribution >= 0.6 is 0 Å². The number of amides is 1. The summed E-state index contributed by atoms with van der Waals surface area (Å²) in [5, 5.41) is 17.0. The molecule has 0 radical (unpaired) electrons. The van der Waals surface area contributed by atoms with Gasteiger partial charge in [-0.2, -0.15) is 13.2 Å². The molecule has 0 bridgehead atoms. The minimum Gasteiger partial charge on any atom is -0.494 e. The lowest BCUT2D eigenvalue weighted by Gasteiger charge is -2.33. The largest absolute Gasteiger partial charge is 0.494 e. The molecule has 21 heteroatoms. The van der Waals surface area contributed by atoms with Crippen LogP contribution in [-0.4, -0.2) is 128 Å². The van der Waals surface area contributed by atoms with Gasteiger partial charge in [0.2, 0.25) is 0 Å². The van der Waals surface area contributed by atoms with Crippen molar-refractivity contribution in [3.63, 3.8) is 0 Å². The lowest BCUT2D eigenvalue weighted by molar-refractivity contribution is -0.140. The number of carbonyl (C=O) groups is 1. The highest BCUT2D eigenvalue weighted by molar-refractivity contribution is 5.94. The van der Waals surface area contributed by atoms with Crippen molar-refractivity contribution in [3.8, 4) is 40.2 Å². The molecule has 1 aliphatic heterocycles. The average molecular weight is 1020 g/mol. The number of nitrogens with zero attached hydrogens (tertiary/aromatic N) is 5. The number of fused-ring (bicyclic) bond motifs is 1. The number of benzene rings is 2. The molecule has 6 aromatic rings. The Kier molecular flexibility index (Phi) is 18.3. The van der Waals surface area contributed by atoms with Crippen LogP contribution in [0.1, 0.15) is 42.2 Å². The van der Waals surface area contributed by atoms with Gasteiger partial charge in [0.15, 0.2) is 6.61 Å². The van der Waals surface area contributed by atoms with Crippen LogP contribution in [-0.2, 0) is 27.9 Å². The standard InChI is InChI=1S/C52H61F4N9O8/c1-33(60-46-25-36(29-64(5)51(46)67)50-34(2)62-73-35(50)3)45-27-39(14-17-58-45)72-31-49(66)59-18-20-69-21-22-70-23-24-71-38-12-13-44(48(28-38)68-6)57-16-8-9-37-26-40-42(61-43-15-19-63(4)30-41(43)53)10-7-11-47(40)65(37)32-52(54,55)56/h7,10-14,17,25-29,33,41,43,57,60-61H,15-16,18-24,30-32H2,1-6H3,(H,59,66)/t33-,41+,43-/m1/s1. The number of piperidine rings is 1. The van der Waals surface area contributed by atoms with E-state index in [1.807, 2.05) is 32.7 Å². The molecule has 73 heavy (non-hydrogen) atoms. The first-order valence-electron chi connectivity index (χ1n) is 23.8. The Hall–Kier alpha value is -7.28. The van der Waals surface area contributed by atoms with Crippen molar-refractivity contribution >= 4 is 33.9 Å². The molecule has 4 aromatic heterocycles. The van der Waals surface area contributed by atoms with E-state index in [0.29, 0.717) is 82.8 Å². The van der Waals surface area contributed by atoms with Crippen LogP contribution in [0.3, 0.4) is 0 Å². The number of aryl methyl sites for hydroxylation is 3. The van der Waals surface area contributed by atoms with Gasteiger partial charge >= 0.3 is 6.18 Å². The molecule has 7 rings (SSSR count). The summed E-state index contributed by atoms with van der Waals surface area (Å²) in [7, 11) is 5.04. The van der Waals surface area contributed by atoms with E-state index in [1.165, 1.54) is 11.7 Å². The monoisotopic (exact) mass is 1020 g/mol. The molecular formula is C52H61F4N9O8. The molecule has 1 amide bonds. The van der Waals surface area contributed by atoms with Crippen LogP contribution < -0.4 is 41.0 Å². The minimum absolute atomic E-state index is 0.104. The van der Waals surface area contributed by atoms with Gasteiger partial charge in [0.05, 0.1) is 80.5 Å². The van der Waals surface area contributed by atoms with E-state index >= 15 is 0 Å². The lowest BCUT2D eigenvalue weighted by atomic mass is 10.0. The zero-order chi connectivity index (χ0) is 52.1. The highest BCUT2D eigenvalue weighted by atomic mass is 19.4. The topological polar surface area (TPSA) is 180 Å². The number of halogens is 4. The molecule has 17 nitrogen and oxygen atoms in total. The predicted molar refractivity (Wildman–Crippen MR) is 269 cm³/mol. The van der Waals surface area contributed by atoms with Crippen LogP contribution in [0.2, 0.25) is 0 Å². The number of likely N-dealkylation sites (tertiary alicyclic amines) is 1. The molecule has 2 aromatic carbocycles. The summed E-state index contributed by atoms with van der Waals surface area (Å²) >= 11 is 0. The zero-order valence-electron chi connectivity index (χ0n) is 41.7. The van der Waals surface area contributed by atoms with Crippen LogP contribution in [0, 0.1) is 25.7 Å². The second kappa shape index (κ2) is 24.9. The summed E-state index contributed by atoms with van der Waals surface area (Å²) in [5.74, 6) is 7.60. The number of ether oxygens (including phenoxy) is 5. The van der Waals surface area contributed by atoms with Crippen molar-refractivity contribution in [2.24, 2.45) is 7.05 Å². The van der Waals surface area contributed by atoms with E-state index in [2.05, 4.69) is 43.2 Å². The number of anilines is 3. The summed E-state index contributed by atoms with van der Waals surface area (Å²) in [6.07, 6.45) is -1.72. The van der Waals surface area contributed by atoms with E-state index in [0.717, 1.165) is 21.4 Å². The molecule has 1 fully saturated rings. The second-order valence-electron chi connectivity index (χ2n) is 17.6. The van der Waals surface area contributed by atoms with Gasteiger partial charge < -0.3 is 63.5 Å². The number of rotatable bonds is 23. The number of carbonyl (C=O) groups excluding carboxylic acids is 1. The van der Waals surface area contributed by atoms with Gasteiger partial charge in [-0.3, -0.25) is 14.6 Å². The van der Waals surface area contributed by atoms with Crippen LogP contribution in [0.25, 0.3) is 22.0 Å². The maximum absolute atomic E-state index is 14.9. The van der Waals surface area contributed by atoms with E-state index in [1.54, 1.807) is 80.1 Å². The quantitative estimate of drug-likeness (QED) is 0.0286. The number of pyridine rings is 2. The number of hydrogen-bond donors (Lipinski definition) is 4. The number of alkyl halides is 4. The van der Waals surface area contributed by atoms with Gasteiger partial charge in [-0.1, -0.05) is 17.1 Å². The van der Waals surface area contributed by atoms with Crippen LogP contribution in [0.4, 0.5) is 34.6 Å². The SMILES string of the molecule is COc1cc(OCCOCCOCCNC(=O)COc2ccnc([C@@H](C)Nc3cc(-c4c(C)noc4C)cn(C)c3=O)c2)ccc1NCC#Cc1cc2c(N[C@@H]3CCN(C)C[C@@H]3F)cccc2n1CC(F)(F)F. The molecule has 0 saturated carbocycles. The third-order valence-electron chi connectivity index (χ3n) is 12.0. The predicted octanol–water partition coefficient (Wildman–Crippen LogP) is 7.28. The summed E-state index contributed by atoms with van der Waals surface area (Å²) < 4.78 is 92.4. The zero-order valence-corrected chi connectivity index (χ0v) is 41.7. The van der Waals surface area contributed by atoms with Crippen molar-refractivity contribution in [1.29, 1.82) is 0 Å². The van der Waals surface area contributed by atoms with E-state index in [9.17, 15) is 27.2 Å². The second-order valence-corrected chi connectivity index (χ2v) is 17.6. The molecule has 5 heterocycles. The van der Waals surface area contributed by atoms with Crippen molar-refractivity contribution in [1.82, 2.24) is 29.5 Å². The summed E-state index contributed by atoms with van der Waals surface area (Å²) in [6.45, 7) is 6.86. The first-order valence-corrected chi connectivity index (χ1v) is 23.8. The van der Waals surface area contributed by atoms with Gasteiger partial charge in [-0.25, -0.2) is 4.39 Å². The first-order chi connectivity index (χ1) is 35.1. The lowest BCUT2D eigenvalue weighted by Crippen LogP contribution is -2.46. The maximum Gasteiger partial charge on any atom is 0.406 e. The van der Waals surface area contributed by atoms with E-state index < -0.39 is 24.9 Å². The summed E-state index contributed by atoms with van der Waals surface area (Å²) in [5.41, 5.74) is 4.82. The Morgan fingerprint density at radius 2 is 1.74 bits per heavy atom. The van der Waals surface area contributed by atoms with Gasteiger partial charge in [0, 0.05) is 73.4 Å². The van der Waals surface area contributed by atoms with Gasteiger partial charge in [0.1, 0.15) is 48.0 Å². The number of hydrogen-bond acceptors (Lipinski definition) is 14. The Morgan fingerprint density at radius 3 is 2.49 bits per heavy atom. The van der Waals surface area contributed by atoms with Crippen molar-refractivity contribution in [2.75, 3.05) is 95.9 Å². The Bertz CT molecular complexity index is 2930. The Labute approximate surface area is 420 Å². The molecule has 0 aliphatic carbocycles. The third kappa shape index (κ3) is 14.7. The average Bonchev–Trinajstić information content (AvgIpc) is 3.89. The molecule has 1 saturated heterocycles. The highest BCUT2D eigenvalue weighted by Crippen LogP contribution is 2.33. The molecule has 0 spiro atoms. The summed E-state index contributed by atoms with van der Waals surface area (Å²) in [4.78, 5) is 31.8. The molecular weight excluding hydrogens is 955 g/mol. The first kappa shape index (κ1) is 53.5. The van der Waals surface area contributed by atoms with Gasteiger partial charge in [-0.15, -0.1) is 0 Å². The highest BCUT2D eigenvalue weighted by Gasteiger charge is 2.31. The van der Waals surface area contributed by atoms with Crippen molar-refractivity contribution in [3.05, 3.63) is 106 Å². The van der Waals surface area contributed by atoms with E-state index in [-0.39, 0.29) is 69.3 Å². The number of nitrogens with one attached hydrogen (secondary N) is 4. The summed E-state index contributed by atoms with van der Waals surface area (Å²) in [6, 6.07) is 16.1. The smallest absolute Gasteiger partial charge is 0.406 e. The maximum atomic E-state index is 14.9. The number of methoxy groups -OCH3 is 1. The van der Waals surface area contributed by atoms with Gasteiger partial charge in [0.25, 0.3) is 11.5 Å². The van der Waals surface area contributed by atoms with Crippen molar-refractivity contribution in [2.45, 2.75) is 58.2 Å². The van der Waals surface area contributed by atoms with E-state index in [4.69, 9.17) is 28.2 Å². The van der Waals surface area contributed by atoms with Gasteiger partial charge in [-0.05, 0) is 82.6 Å². The van der Waals surface area contributed by atoms with Crippen LogP contribution in [0.5, 0.6) is 17.2 Å². The fraction of sp³-hybridized carbons (Fsp3) is 0.423. The van der Waals surface area contributed by atoms with Crippen LogP contribution in [0.15, 0.2) is 82.4 Å². The number of aromatic nitrogens is 4. The van der Waals surface area contributed by atoms with Crippen molar-refractivity contribution < 1.29 is 50.6 Å². The molecule has 1 aliphatic rings. The fourth-order valence-electron chi connectivity index (χ4n) is 8.38. The third-order valence-corrected chi connectivity index (χ3v) is 12.0. The molecule has 4 N–H and O–H groups in total.